The number of nitrogens with one attached hydrogen (secondary N) is 1. The number of para-hydroxylation sites is 2. The summed E-state index contributed by atoms with van der Waals surface area (Å²) >= 11 is 0. The van der Waals surface area contributed by atoms with Crippen LogP contribution in [0.3, 0.4) is 0 Å². The standard InChI is InChI=1S/C22H25F3N2O4S/c1-15-10-11-17(32(29,30)27-12-6-5-7-16(27)2)13-18(15)21(28)26-19-8-3-4-9-20(19)31-14-22(23,24)25/h3-4,8-11,13,16H,5-7,12,14H2,1-2H3,(H,26,28). The third kappa shape index (κ3) is 5.60. The average Bonchev–Trinajstić information content (AvgIpc) is 2.72. The largest absolute Gasteiger partial charge is 0.482 e. The summed E-state index contributed by atoms with van der Waals surface area (Å²) in [5.41, 5.74) is 0.697. The van der Waals surface area contributed by atoms with Crippen molar-refractivity contribution in [3.8, 4) is 5.75 Å². The number of sulfonamides is 1. The number of hydrogen-bond donors (Lipinski definition) is 1. The van der Waals surface area contributed by atoms with E-state index >= 15 is 0 Å². The summed E-state index contributed by atoms with van der Waals surface area (Å²) in [6.45, 7) is 2.43. The van der Waals surface area contributed by atoms with Gasteiger partial charge in [-0.25, -0.2) is 8.42 Å². The minimum atomic E-state index is -4.53. The zero-order valence-electron chi connectivity index (χ0n) is 17.8. The van der Waals surface area contributed by atoms with Crippen LogP contribution in [0.5, 0.6) is 5.75 Å². The fourth-order valence-electron chi connectivity index (χ4n) is 3.62. The van der Waals surface area contributed by atoms with E-state index < -0.39 is 28.7 Å². The van der Waals surface area contributed by atoms with Crippen molar-refractivity contribution in [3.63, 3.8) is 0 Å². The number of alkyl halides is 3. The highest BCUT2D eigenvalue weighted by Gasteiger charge is 2.32. The molecule has 0 aliphatic carbocycles. The molecular weight excluding hydrogens is 445 g/mol. The molecule has 1 heterocycles. The Morgan fingerprint density at radius 2 is 1.91 bits per heavy atom. The molecule has 174 valence electrons. The highest BCUT2D eigenvalue weighted by Crippen LogP contribution is 2.29. The predicted octanol–water partition coefficient (Wildman–Crippen LogP) is 4.75. The van der Waals surface area contributed by atoms with Crippen molar-refractivity contribution in [1.82, 2.24) is 4.31 Å². The van der Waals surface area contributed by atoms with Crippen LogP contribution < -0.4 is 10.1 Å². The number of amides is 1. The van der Waals surface area contributed by atoms with E-state index in [1.54, 1.807) is 19.1 Å². The Balaban J connectivity index is 1.86. The number of hydrogen-bond acceptors (Lipinski definition) is 4. The number of carbonyl (C=O) groups is 1. The van der Waals surface area contributed by atoms with E-state index in [0.717, 1.165) is 19.3 Å². The van der Waals surface area contributed by atoms with Crippen LogP contribution in [-0.4, -0.2) is 44.0 Å². The molecule has 1 atom stereocenters. The molecule has 1 fully saturated rings. The Morgan fingerprint density at radius 3 is 2.59 bits per heavy atom. The van der Waals surface area contributed by atoms with E-state index in [9.17, 15) is 26.4 Å². The average molecular weight is 471 g/mol. The van der Waals surface area contributed by atoms with Crippen molar-refractivity contribution >= 4 is 21.6 Å². The molecule has 6 nitrogen and oxygen atoms in total. The molecular formula is C22H25F3N2O4S. The molecule has 0 saturated carbocycles. The van der Waals surface area contributed by atoms with Gasteiger partial charge in [0.15, 0.2) is 6.61 Å². The molecule has 1 aliphatic rings. The molecule has 2 aromatic rings. The maximum absolute atomic E-state index is 13.1. The molecule has 1 unspecified atom stereocenters. The van der Waals surface area contributed by atoms with Crippen LogP contribution in [0.1, 0.15) is 42.1 Å². The van der Waals surface area contributed by atoms with Crippen molar-refractivity contribution in [2.45, 2.75) is 50.2 Å². The molecule has 1 N–H and O–H groups in total. The zero-order chi connectivity index (χ0) is 23.5. The van der Waals surface area contributed by atoms with E-state index in [0.29, 0.717) is 12.1 Å². The Hall–Kier alpha value is -2.59. The molecule has 2 aromatic carbocycles. The molecule has 0 aromatic heterocycles. The molecule has 0 radical (unpaired) electrons. The molecule has 1 amide bonds. The number of piperidine rings is 1. The van der Waals surface area contributed by atoms with Gasteiger partial charge in [-0.1, -0.05) is 24.6 Å². The van der Waals surface area contributed by atoms with Crippen molar-refractivity contribution < 1.29 is 31.1 Å². The second kappa shape index (κ2) is 9.50. The second-order valence-corrected chi connectivity index (χ2v) is 9.68. The number of rotatable bonds is 6. The SMILES string of the molecule is Cc1ccc(S(=O)(=O)N2CCCCC2C)cc1C(=O)Nc1ccccc1OCC(F)(F)F. The van der Waals surface area contributed by atoms with Crippen molar-refractivity contribution in [2.75, 3.05) is 18.5 Å². The van der Waals surface area contributed by atoms with Gasteiger partial charge in [-0.15, -0.1) is 0 Å². The van der Waals surface area contributed by atoms with E-state index in [2.05, 4.69) is 5.32 Å². The number of halogens is 3. The first-order valence-electron chi connectivity index (χ1n) is 10.2. The van der Waals surface area contributed by atoms with Gasteiger partial charge in [0.05, 0.1) is 10.6 Å². The summed E-state index contributed by atoms with van der Waals surface area (Å²) in [5, 5.41) is 2.53. The lowest BCUT2D eigenvalue weighted by Crippen LogP contribution is -2.42. The highest BCUT2D eigenvalue weighted by molar-refractivity contribution is 7.89. The van der Waals surface area contributed by atoms with Gasteiger partial charge in [0.2, 0.25) is 10.0 Å². The number of nitrogens with zero attached hydrogens (tertiary/aromatic N) is 1. The second-order valence-electron chi connectivity index (χ2n) is 7.79. The van der Waals surface area contributed by atoms with Crippen molar-refractivity contribution in [2.24, 2.45) is 0 Å². The summed E-state index contributed by atoms with van der Waals surface area (Å²) in [6.07, 6.45) is -2.02. The van der Waals surface area contributed by atoms with Crippen molar-refractivity contribution in [1.29, 1.82) is 0 Å². The van der Waals surface area contributed by atoms with Gasteiger partial charge in [0, 0.05) is 18.2 Å². The first kappa shape index (κ1) is 24.1. The van der Waals surface area contributed by atoms with Crippen LogP contribution >= 0.6 is 0 Å². The topological polar surface area (TPSA) is 75.7 Å². The summed E-state index contributed by atoms with van der Waals surface area (Å²) in [6, 6.07) is 9.93. The van der Waals surface area contributed by atoms with E-state index in [-0.39, 0.29) is 27.9 Å². The molecule has 0 bridgehead atoms. The van der Waals surface area contributed by atoms with Crippen LogP contribution in [0, 0.1) is 6.92 Å². The number of aryl methyl sites for hydroxylation is 1. The Morgan fingerprint density at radius 1 is 1.19 bits per heavy atom. The van der Waals surface area contributed by atoms with Crippen LogP contribution in [0.4, 0.5) is 18.9 Å². The van der Waals surface area contributed by atoms with Gasteiger partial charge in [0.1, 0.15) is 5.75 Å². The summed E-state index contributed by atoms with van der Waals surface area (Å²) in [5.74, 6) is -0.781. The highest BCUT2D eigenvalue weighted by atomic mass is 32.2. The molecule has 0 spiro atoms. The number of anilines is 1. The third-order valence-corrected chi connectivity index (χ3v) is 7.34. The molecule has 3 rings (SSSR count). The fraction of sp³-hybridized carbons (Fsp3) is 0.409. The first-order valence-corrected chi connectivity index (χ1v) is 11.7. The van der Waals surface area contributed by atoms with Gasteiger partial charge < -0.3 is 10.1 Å². The van der Waals surface area contributed by atoms with Gasteiger partial charge in [0.25, 0.3) is 5.91 Å². The Bertz CT molecular complexity index is 1090. The maximum atomic E-state index is 13.1. The third-order valence-electron chi connectivity index (χ3n) is 5.33. The van der Waals surface area contributed by atoms with Gasteiger partial charge in [-0.05, 0) is 56.5 Å². The van der Waals surface area contributed by atoms with E-state index in [1.807, 2.05) is 6.92 Å². The first-order chi connectivity index (χ1) is 15.0. The monoisotopic (exact) mass is 470 g/mol. The van der Waals surface area contributed by atoms with Crippen LogP contribution in [-0.2, 0) is 10.0 Å². The van der Waals surface area contributed by atoms with Gasteiger partial charge >= 0.3 is 6.18 Å². The number of benzene rings is 2. The Kier molecular flexibility index (Phi) is 7.14. The van der Waals surface area contributed by atoms with Crippen LogP contribution in [0.2, 0.25) is 0 Å². The quantitative estimate of drug-likeness (QED) is 0.661. The maximum Gasteiger partial charge on any atom is 0.422 e. The number of ether oxygens (including phenoxy) is 1. The zero-order valence-corrected chi connectivity index (χ0v) is 18.6. The minimum Gasteiger partial charge on any atom is -0.482 e. The smallest absolute Gasteiger partial charge is 0.422 e. The molecule has 1 saturated heterocycles. The lowest BCUT2D eigenvalue weighted by Gasteiger charge is -2.32. The van der Waals surface area contributed by atoms with Crippen molar-refractivity contribution in [3.05, 3.63) is 53.6 Å². The number of carbonyl (C=O) groups excluding carboxylic acids is 1. The minimum absolute atomic E-state index is 0.00334. The lowest BCUT2D eigenvalue weighted by molar-refractivity contribution is -0.153. The molecule has 32 heavy (non-hydrogen) atoms. The Labute approximate surface area is 185 Å². The van der Waals surface area contributed by atoms with E-state index in [1.165, 1.54) is 34.6 Å². The fourth-order valence-corrected chi connectivity index (χ4v) is 5.34. The molecule has 10 heteroatoms. The van der Waals surface area contributed by atoms with Crippen LogP contribution in [0.15, 0.2) is 47.4 Å². The summed E-state index contributed by atoms with van der Waals surface area (Å²) in [4.78, 5) is 12.9. The van der Waals surface area contributed by atoms with E-state index in [4.69, 9.17) is 4.74 Å². The van der Waals surface area contributed by atoms with Crippen LogP contribution in [0.25, 0.3) is 0 Å². The molecule has 1 aliphatic heterocycles. The lowest BCUT2D eigenvalue weighted by atomic mass is 10.1. The normalized spacial score (nSPS) is 17.7. The van der Waals surface area contributed by atoms with Gasteiger partial charge in [-0.2, -0.15) is 17.5 Å². The summed E-state index contributed by atoms with van der Waals surface area (Å²) in [7, 11) is -3.79. The summed E-state index contributed by atoms with van der Waals surface area (Å²) < 4.78 is 70.1. The van der Waals surface area contributed by atoms with Gasteiger partial charge in [-0.3, -0.25) is 4.79 Å². The predicted molar refractivity (Wildman–Crippen MR) is 114 cm³/mol.